The van der Waals surface area contributed by atoms with Crippen LogP contribution in [0.15, 0.2) is 0 Å². The number of carbonyl (C=O) groups excluding carboxylic acids is 2. The van der Waals surface area contributed by atoms with Gasteiger partial charge in [-0.2, -0.15) is 5.26 Å². The Kier molecular flexibility index (Phi) is 3.62. The summed E-state index contributed by atoms with van der Waals surface area (Å²) in [5.74, 6) is -0.630. The molecule has 1 amide bonds. The molecule has 0 aromatic carbocycles. The first kappa shape index (κ1) is 14.4. The Morgan fingerprint density at radius 3 is 2.89 bits per heavy atom. The van der Waals surface area contributed by atoms with Gasteiger partial charge in [0.05, 0.1) is 0 Å². The predicted molar refractivity (Wildman–Crippen MR) is 78.3 cm³/mol. The molecule has 0 bridgehead atoms. The standard InChI is InChI=1S/C10H10BrIN2O3S/c1-9(2)5(6(15)17-4-3-13)14-7(16)10(11,12)8(14)18-9/h5,8H,4H2,1-2H3/t5-,8+,10+/m0/s1. The van der Waals surface area contributed by atoms with Crippen molar-refractivity contribution in [3.63, 3.8) is 0 Å². The van der Waals surface area contributed by atoms with Crippen LogP contribution >= 0.6 is 50.3 Å². The number of nitriles is 1. The molecule has 0 N–H and O–H groups in total. The normalized spacial score (nSPS) is 36.6. The first-order valence-electron chi connectivity index (χ1n) is 5.15. The minimum absolute atomic E-state index is 0.0831. The molecule has 8 heteroatoms. The number of hydrogen-bond acceptors (Lipinski definition) is 5. The topological polar surface area (TPSA) is 70.4 Å². The lowest BCUT2D eigenvalue weighted by molar-refractivity contribution is -0.160. The maximum absolute atomic E-state index is 12.0. The van der Waals surface area contributed by atoms with E-state index in [0.29, 0.717) is 0 Å². The average Bonchev–Trinajstić information content (AvgIpc) is 2.56. The summed E-state index contributed by atoms with van der Waals surface area (Å²) in [5.41, 5.74) is 0. The van der Waals surface area contributed by atoms with Gasteiger partial charge in [0.1, 0.15) is 17.5 Å². The minimum Gasteiger partial charge on any atom is -0.449 e. The third kappa shape index (κ3) is 1.94. The Morgan fingerprint density at radius 2 is 2.33 bits per heavy atom. The van der Waals surface area contributed by atoms with Crippen LogP contribution in [0.25, 0.3) is 0 Å². The second kappa shape index (κ2) is 4.52. The molecular weight excluding hydrogens is 435 g/mol. The number of esters is 1. The third-order valence-corrected chi connectivity index (χ3v) is 7.12. The number of amides is 1. The van der Waals surface area contributed by atoms with Gasteiger partial charge in [0, 0.05) is 4.75 Å². The first-order valence-corrected chi connectivity index (χ1v) is 7.90. The molecule has 18 heavy (non-hydrogen) atoms. The van der Waals surface area contributed by atoms with Crippen molar-refractivity contribution in [1.29, 1.82) is 5.26 Å². The van der Waals surface area contributed by atoms with Gasteiger partial charge >= 0.3 is 5.97 Å². The number of β-lactam (4-membered cyclic amide) rings is 1. The van der Waals surface area contributed by atoms with Crippen LogP contribution in [0.3, 0.4) is 0 Å². The summed E-state index contributed by atoms with van der Waals surface area (Å²) < 4.78 is 3.79. The Morgan fingerprint density at radius 1 is 1.72 bits per heavy atom. The van der Waals surface area contributed by atoms with Crippen LogP contribution in [0, 0.1) is 11.3 Å². The number of nitrogens with zero attached hydrogens (tertiary/aromatic N) is 2. The number of alkyl halides is 2. The van der Waals surface area contributed by atoms with Crippen LogP contribution in [0.4, 0.5) is 0 Å². The van der Waals surface area contributed by atoms with Crippen molar-refractivity contribution in [2.45, 2.75) is 32.3 Å². The zero-order valence-corrected chi connectivity index (χ0v) is 14.2. The molecule has 0 saturated carbocycles. The molecule has 0 radical (unpaired) electrons. The largest absolute Gasteiger partial charge is 0.449 e. The van der Waals surface area contributed by atoms with Crippen LogP contribution in [0.5, 0.6) is 0 Å². The molecule has 3 atom stereocenters. The molecule has 2 rings (SSSR count). The summed E-state index contributed by atoms with van der Waals surface area (Å²) >= 11 is 7.00. The fraction of sp³-hybridized carbons (Fsp3) is 0.700. The van der Waals surface area contributed by atoms with E-state index in [1.54, 1.807) is 22.7 Å². The van der Waals surface area contributed by atoms with Crippen LogP contribution in [0.2, 0.25) is 0 Å². The van der Waals surface area contributed by atoms with E-state index in [1.807, 2.05) is 36.4 Å². The molecule has 2 aliphatic rings. The van der Waals surface area contributed by atoms with Gasteiger partial charge in [-0.3, -0.25) is 4.79 Å². The molecule has 0 spiro atoms. The molecule has 2 saturated heterocycles. The molecule has 0 aliphatic carbocycles. The van der Waals surface area contributed by atoms with E-state index in [2.05, 4.69) is 15.9 Å². The lowest BCUT2D eigenvalue weighted by Crippen LogP contribution is -2.68. The van der Waals surface area contributed by atoms with E-state index in [1.165, 1.54) is 0 Å². The average molecular weight is 445 g/mol. The van der Waals surface area contributed by atoms with Gasteiger partial charge in [-0.05, 0) is 13.8 Å². The highest BCUT2D eigenvalue weighted by Crippen LogP contribution is 2.60. The smallest absolute Gasteiger partial charge is 0.331 e. The lowest BCUT2D eigenvalue weighted by atomic mass is 9.98. The molecule has 98 valence electrons. The van der Waals surface area contributed by atoms with Crippen LogP contribution in [-0.4, -0.2) is 41.9 Å². The molecule has 0 aromatic rings. The van der Waals surface area contributed by atoms with Crippen molar-refractivity contribution in [1.82, 2.24) is 4.90 Å². The minimum atomic E-state index is -0.642. The Hall–Kier alpha value is -0.0100. The number of ether oxygens (including phenoxy) is 1. The predicted octanol–water partition coefficient (Wildman–Crippen LogP) is 1.64. The van der Waals surface area contributed by atoms with Gasteiger partial charge in [0.25, 0.3) is 5.91 Å². The zero-order valence-electron chi connectivity index (χ0n) is 9.65. The van der Waals surface area contributed by atoms with Crippen molar-refractivity contribution >= 4 is 62.2 Å². The highest BCUT2D eigenvalue weighted by atomic mass is 127. The van der Waals surface area contributed by atoms with Crippen molar-refractivity contribution in [2.75, 3.05) is 6.61 Å². The molecule has 0 aromatic heterocycles. The van der Waals surface area contributed by atoms with Crippen molar-refractivity contribution in [3.8, 4) is 6.07 Å². The third-order valence-electron chi connectivity index (χ3n) is 2.94. The van der Waals surface area contributed by atoms with E-state index in [-0.39, 0.29) is 17.9 Å². The van der Waals surface area contributed by atoms with E-state index in [0.717, 1.165) is 0 Å². The van der Waals surface area contributed by atoms with Crippen molar-refractivity contribution < 1.29 is 14.3 Å². The number of halogens is 2. The van der Waals surface area contributed by atoms with Gasteiger partial charge in [-0.1, -0.05) is 38.5 Å². The van der Waals surface area contributed by atoms with Gasteiger partial charge in [0.2, 0.25) is 0 Å². The summed E-state index contributed by atoms with van der Waals surface area (Å²) in [6.45, 7) is 3.52. The second-order valence-electron chi connectivity index (χ2n) is 4.58. The highest BCUT2D eigenvalue weighted by Gasteiger charge is 2.70. The number of carbonyl (C=O) groups is 2. The molecular formula is C10H10BrIN2O3S. The van der Waals surface area contributed by atoms with E-state index in [4.69, 9.17) is 10.00 Å². The summed E-state index contributed by atoms with van der Waals surface area (Å²) in [4.78, 5) is 25.5. The van der Waals surface area contributed by atoms with Crippen LogP contribution in [-0.2, 0) is 14.3 Å². The second-order valence-corrected chi connectivity index (χ2v) is 10.7. The summed E-state index contributed by atoms with van der Waals surface area (Å²) in [7, 11) is 0. The fourth-order valence-electron chi connectivity index (χ4n) is 2.14. The van der Waals surface area contributed by atoms with Gasteiger partial charge in [-0.25, -0.2) is 4.79 Å². The van der Waals surface area contributed by atoms with Gasteiger partial charge < -0.3 is 9.64 Å². The lowest BCUT2D eigenvalue weighted by Gasteiger charge is -2.46. The Labute approximate surface area is 131 Å². The van der Waals surface area contributed by atoms with E-state index >= 15 is 0 Å². The number of fused-ring (bicyclic) bond motifs is 1. The van der Waals surface area contributed by atoms with Gasteiger partial charge in [-0.15, -0.1) is 11.8 Å². The van der Waals surface area contributed by atoms with Crippen molar-refractivity contribution in [3.05, 3.63) is 0 Å². The first-order chi connectivity index (χ1) is 8.23. The molecule has 2 aliphatic heterocycles. The molecule has 0 unspecified atom stereocenters. The van der Waals surface area contributed by atoms with Crippen molar-refractivity contribution in [2.24, 2.45) is 0 Å². The zero-order chi connectivity index (χ0) is 13.7. The van der Waals surface area contributed by atoms with Gasteiger partial charge in [0.15, 0.2) is 8.94 Å². The summed E-state index contributed by atoms with van der Waals surface area (Å²) in [6.07, 6.45) is 0. The SMILES string of the molecule is CC1(C)S[C@H]2N(C(=O)[C@@]2(Br)I)[C@H]1C(=O)OCC#N. The maximum atomic E-state index is 12.0. The Bertz CT molecular complexity index is 463. The number of thioether (sulfide) groups is 1. The van der Waals surface area contributed by atoms with E-state index in [9.17, 15) is 9.59 Å². The molecule has 2 fully saturated rings. The monoisotopic (exact) mass is 444 g/mol. The molecule has 2 heterocycles. The molecule has 5 nitrogen and oxygen atoms in total. The fourth-order valence-corrected chi connectivity index (χ4v) is 5.30. The number of hydrogen-bond donors (Lipinski definition) is 0. The summed E-state index contributed by atoms with van der Waals surface area (Å²) in [6, 6.07) is 1.13. The number of rotatable bonds is 2. The summed E-state index contributed by atoms with van der Waals surface area (Å²) in [5, 5.41) is 8.35. The van der Waals surface area contributed by atoms with Crippen LogP contribution in [0.1, 0.15) is 13.8 Å². The van der Waals surface area contributed by atoms with Crippen LogP contribution < -0.4 is 0 Å². The van der Waals surface area contributed by atoms with E-state index < -0.39 is 19.1 Å². The highest BCUT2D eigenvalue weighted by molar-refractivity contribution is 14.1. The quantitative estimate of drug-likeness (QED) is 0.280. The maximum Gasteiger partial charge on any atom is 0.331 e. The Balaban J connectivity index is 2.23.